The molecule has 1 unspecified atom stereocenters. The minimum atomic E-state index is 0.0270. The Bertz CT molecular complexity index is 576. The number of rotatable bonds is 5. The molecule has 110 valence electrons. The van der Waals surface area contributed by atoms with Crippen molar-refractivity contribution in [2.24, 2.45) is 0 Å². The molecule has 1 atom stereocenters. The van der Waals surface area contributed by atoms with Crippen molar-refractivity contribution >= 4 is 11.6 Å². The highest BCUT2D eigenvalue weighted by molar-refractivity contribution is 5.94. The third-order valence-corrected chi connectivity index (χ3v) is 3.52. The third-order valence-electron chi connectivity index (χ3n) is 3.52. The molecule has 0 aliphatic carbocycles. The molecule has 0 aliphatic rings. The van der Waals surface area contributed by atoms with E-state index < -0.39 is 0 Å². The first-order chi connectivity index (χ1) is 10.1. The molecule has 0 aromatic heterocycles. The predicted octanol–water partition coefficient (Wildman–Crippen LogP) is 3.60. The highest BCUT2D eigenvalue weighted by Crippen LogP contribution is 2.17. The number of amides is 1. The van der Waals surface area contributed by atoms with Crippen LogP contribution in [0.3, 0.4) is 0 Å². The predicted molar refractivity (Wildman–Crippen MR) is 87.8 cm³/mol. The smallest absolute Gasteiger partial charge is 0.253 e. The Morgan fingerprint density at radius 2 is 1.67 bits per heavy atom. The molecule has 0 saturated heterocycles. The highest BCUT2D eigenvalue weighted by Gasteiger charge is 2.08. The van der Waals surface area contributed by atoms with Crippen LogP contribution in [-0.2, 0) is 0 Å². The molecule has 1 amide bonds. The van der Waals surface area contributed by atoms with Crippen LogP contribution in [0, 0.1) is 0 Å². The van der Waals surface area contributed by atoms with E-state index in [2.05, 4.69) is 36.5 Å². The van der Waals surface area contributed by atoms with Gasteiger partial charge in [0.15, 0.2) is 0 Å². The van der Waals surface area contributed by atoms with E-state index in [1.807, 2.05) is 30.3 Å². The first kappa shape index (κ1) is 15.1. The molecule has 0 aliphatic heterocycles. The zero-order valence-electron chi connectivity index (χ0n) is 12.8. The zero-order chi connectivity index (χ0) is 15.2. The summed E-state index contributed by atoms with van der Waals surface area (Å²) in [7, 11) is 3.52. The van der Waals surface area contributed by atoms with Gasteiger partial charge in [-0.1, -0.05) is 37.3 Å². The van der Waals surface area contributed by atoms with Gasteiger partial charge in [0, 0.05) is 31.9 Å². The largest absolute Gasteiger partial charge is 0.384 e. The fourth-order valence-electron chi connectivity index (χ4n) is 2.16. The van der Waals surface area contributed by atoms with Crippen LogP contribution in [0.4, 0.5) is 5.69 Å². The first-order valence-corrected chi connectivity index (χ1v) is 7.18. The number of nitrogens with one attached hydrogen (secondary N) is 1. The van der Waals surface area contributed by atoms with Crippen LogP contribution in [0.1, 0.15) is 28.8 Å². The van der Waals surface area contributed by atoms with Crippen molar-refractivity contribution in [1.29, 1.82) is 0 Å². The van der Waals surface area contributed by atoms with Gasteiger partial charge >= 0.3 is 0 Å². The zero-order valence-corrected chi connectivity index (χ0v) is 12.8. The number of hydrogen-bond acceptors (Lipinski definition) is 2. The monoisotopic (exact) mass is 282 g/mol. The van der Waals surface area contributed by atoms with E-state index >= 15 is 0 Å². The minimum Gasteiger partial charge on any atom is -0.384 e. The van der Waals surface area contributed by atoms with Gasteiger partial charge in [-0.25, -0.2) is 0 Å². The standard InChI is InChI=1S/C18H22N2O/c1-14(15-7-5-4-6-8-15)13-19-17-11-9-16(10-12-17)18(21)20(2)3/h4-12,14,19H,13H2,1-3H3. The molecular weight excluding hydrogens is 260 g/mol. The van der Waals surface area contributed by atoms with E-state index in [1.165, 1.54) is 5.56 Å². The Balaban J connectivity index is 1.94. The Hall–Kier alpha value is -2.29. The summed E-state index contributed by atoms with van der Waals surface area (Å²) < 4.78 is 0. The molecule has 2 rings (SSSR count). The van der Waals surface area contributed by atoms with E-state index in [0.29, 0.717) is 11.5 Å². The third kappa shape index (κ3) is 4.09. The van der Waals surface area contributed by atoms with Crippen LogP contribution in [0.5, 0.6) is 0 Å². The van der Waals surface area contributed by atoms with Crippen LogP contribution >= 0.6 is 0 Å². The summed E-state index contributed by atoms with van der Waals surface area (Å²) in [6.07, 6.45) is 0. The molecule has 0 bridgehead atoms. The second-order valence-corrected chi connectivity index (χ2v) is 5.47. The molecule has 1 N–H and O–H groups in total. The SMILES string of the molecule is CC(CNc1ccc(C(=O)N(C)C)cc1)c1ccccc1. The minimum absolute atomic E-state index is 0.0270. The molecule has 0 radical (unpaired) electrons. The highest BCUT2D eigenvalue weighted by atomic mass is 16.2. The summed E-state index contributed by atoms with van der Waals surface area (Å²) in [6.45, 7) is 3.07. The van der Waals surface area contributed by atoms with Crippen molar-refractivity contribution in [3.05, 3.63) is 65.7 Å². The molecule has 2 aromatic carbocycles. The van der Waals surface area contributed by atoms with Crippen molar-refractivity contribution < 1.29 is 4.79 Å². The topological polar surface area (TPSA) is 32.3 Å². The Morgan fingerprint density at radius 1 is 1.05 bits per heavy atom. The van der Waals surface area contributed by atoms with Crippen LogP contribution in [-0.4, -0.2) is 31.4 Å². The molecule has 3 nitrogen and oxygen atoms in total. The molecule has 21 heavy (non-hydrogen) atoms. The summed E-state index contributed by atoms with van der Waals surface area (Å²) in [5.74, 6) is 0.466. The van der Waals surface area contributed by atoms with Crippen LogP contribution < -0.4 is 5.32 Å². The molecule has 3 heteroatoms. The van der Waals surface area contributed by atoms with E-state index in [0.717, 1.165) is 12.2 Å². The maximum atomic E-state index is 11.8. The van der Waals surface area contributed by atoms with Crippen LogP contribution in [0.25, 0.3) is 0 Å². The van der Waals surface area contributed by atoms with Crippen molar-refractivity contribution in [2.45, 2.75) is 12.8 Å². The first-order valence-electron chi connectivity index (χ1n) is 7.18. The van der Waals surface area contributed by atoms with Gasteiger partial charge in [0.2, 0.25) is 0 Å². The molecule has 0 heterocycles. The number of anilines is 1. The maximum Gasteiger partial charge on any atom is 0.253 e. The second kappa shape index (κ2) is 6.93. The lowest BCUT2D eigenvalue weighted by Crippen LogP contribution is -2.21. The summed E-state index contributed by atoms with van der Waals surface area (Å²) in [5.41, 5.74) is 3.07. The van der Waals surface area contributed by atoms with E-state index in [9.17, 15) is 4.79 Å². The number of carbonyl (C=O) groups excluding carboxylic acids is 1. The number of hydrogen-bond donors (Lipinski definition) is 1. The van der Waals surface area contributed by atoms with Gasteiger partial charge in [0.25, 0.3) is 5.91 Å². The van der Waals surface area contributed by atoms with Crippen LogP contribution in [0.2, 0.25) is 0 Å². The van der Waals surface area contributed by atoms with Gasteiger partial charge in [-0.05, 0) is 35.7 Å². The lowest BCUT2D eigenvalue weighted by molar-refractivity contribution is 0.0827. The maximum absolute atomic E-state index is 11.8. The van der Waals surface area contributed by atoms with Crippen molar-refractivity contribution in [2.75, 3.05) is 26.0 Å². The molecule has 0 spiro atoms. The van der Waals surface area contributed by atoms with E-state index in [4.69, 9.17) is 0 Å². The average Bonchev–Trinajstić information content (AvgIpc) is 2.53. The van der Waals surface area contributed by atoms with Crippen molar-refractivity contribution in [3.63, 3.8) is 0 Å². The normalized spacial score (nSPS) is 11.8. The Kier molecular flexibility index (Phi) is 4.99. The lowest BCUT2D eigenvalue weighted by atomic mass is 10.0. The Labute approximate surface area is 126 Å². The second-order valence-electron chi connectivity index (χ2n) is 5.47. The number of benzene rings is 2. The average molecular weight is 282 g/mol. The van der Waals surface area contributed by atoms with Gasteiger partial charge in [0.05, 0.1) is 0 Å². The molecule has 0 saturated carbocycles. The van der Waals surface area contributed by atoms with Crippen molar-refractivity contribution in [3.8, 4) is 0 Å². The van der Waals surface area contributed by atoms with E-state index in [1.54, 1.807) is 19.0 Å². The summed E-state index contributed by atoms with van der Waals surface area (Å²) in [5, 5.41) is 3.41. The molecule has 2 aromatic rings. The lowest BCUT2D eigenvalue weighted by Gasteiger charge is -2.15. The van der Waals surface area contributed by atoms with Gasteiger partial charge < -0.3 is 10.2 Å². The fourth-order valence-corrected chi connectivity index (χ4v) is 2.16. The fraction of sp³-hybridized carbons (Fsp3) is 0.278. The van der Waals surface area contributed by atoms with Crippen LogP contribution in [0.15, 0.2) is 54.6 Å². The molecule has 0 fully saturated rings. The van der Waals surface area contributed by atoms with Gasteiger partial charge in [0.1, 0.15) is 0 Å². The van der Waals surface area contributed by atoms with Crippen molar-refractivity contribution in [1.82, 2.24) is 4.90 Å². The summed E-state index contributed by atoms with van der Waals surface area (Å²) in [6, 6.07) is 18.1. The quantitative estimate of drug-likeness (QED) is 0.908. The Morgan fingerprint density at radius 3 is 2.24 bits per heavy atom. The van der Waals surface area contributed by atoms with Gasteiger partial charge in [-0.2, -0.15) is 0 Å². The summed E-state index contributed by atoms with van der Waals surface area (Å²) in [4.78, 5) is 13.4. The number of carbonyl (C=O) groups is 1. The van der Waals surface area contributed by atoms with Gasteiger partial charge in [-0.15, -0.1) is 0 Å². The number of nitrogens with zero attached hydrogens (tertiary/aromatic N) is 1. The van der Waals surface area contributed by atoms with E-state index in [-0.39, 0.29) is 5.91 Å². The summed E-state index contributed by atoms with van der Waals surface area (Å²) >= 11 is 0. The molecular formula is C18H22N2O. The van der Waals surface area contributed by atoms with Gasteiger partial charge in [-0.3, -0.25) is 4.79 Å².